The molecule has 4 heterocycles. The minimum Gasteiger partial charge on any atom is -0.382 e. The van der Waals surface area contributed by atoms with E-state index in [0.29, 0.717) is 23.4 Å². The Morgan fingerprint density at radius 3 is 2.79 bits per heavy atom. The molecule has 0 saturated carbocycles. The second kappa shape index (κ2) is 7.55. The third-order valence-corrected chi connectivity index (χ3v) is 5.86. The molecule has 0 unspecified atom stereocenters. The van der Waals surface area contributed by atoms with Crippen LogP contribution in [-0.2, 0) is 11.8 Å². The molecule has 3 N–H and O–H groups in total. The van der Waals surface area contributed by atoms with Crippen molar-refractivity contribution in [1.82, 2.24) is 24.5 Å². The highest BCUT2D eigenvalue weighted by atomic mass is 16.5. The van der Waals surface area contributed by atoms with Crippen molar-refractivity contribution < 1.29 is 4.74 Å². The van der Waals surface area contributed by atoms with Crippen LogP contribution in [0.5, 0.6) is 0 Å². The lowest BCUT2D eigenvalue weighted by atomic mass is 10.0. The largest absolute Gasteiger partial charge is 0.382 e. The molecule has 9 heteroatoms. The maximum Gasteiger partial charge on any atom is 0.264 e. The van der Waals surface area contributed by atoms with Gasteiger partial charge in [-0.15, -0.1) is 0 Å². The molecule has 0 radical (unpaired) electrons. The van der Waals surface area contributed by atoms with Crippen molar-refractivity contribution >= 4 is 22.5 Å². The van der Waals surface area contributed by atoms with Gasteiger partial charge in [-0.25, -0.2) is 0 Å². The molecule has 1 fully saturated rings. The van der Waals surface area contributed by atoms with E-state index in [1.807, 2.05) is 24.9 Å². The molecule has 0 aliphatic carbocycles. The molecule has 0 aromatic carbocycles. The monoisotopic (exact) mass is 399 g/mol. The van der Waals surface area contributed by atoms with Crippen LogP contribution in [0.1, 0.15) is 33.2 Å². The lowest BCUT2D eigenvalue weighted by molar-refractivity contribution is 0.152. The second-order valence-electron chi connectivity index (χ2n) is 8.06. The first kappa shape index (κ1) is 19.5. The summed E-state index contributed by atoms with van der Waals surface area (Å²) in [5.74, 6) is 1.54. The normalized spacial score (nSPS) is 16.5. The molecule has 0 amide bonds. The second-order valence-corrected chi connectivity index (χ2v) is 8.06. The number of anilines is 2. The molecule has 0 spiro atoms. The van der Waals surface area contributed by atoms with Gasteiger partial charge in [0.2, 0.25) is 0 Å². The van der Waals surface area contributed by atoms with E-state index in [0.717, 1.165) is 43.2 Å². The Morgan fingerprint density at radius 2 is 2.03 bits per heavy atom. The molecule has 9 nitrogen and oxygen atoms in total. The summed E-state index contributed by atoms with van der Waals surface area (Å²) in [6, 6.07) is 2.08. The van der Waals surface area contributed by atoms with Crippen LogP contribution in [0.4, 0.5) is 11.6 Å². The van der Waals surface area contributed by atoms with E-state index >= 15 is 0 Å². The van der Waals surface area contributed by atoms with Crippen LogP contribution in [0.3, 0.4) is 0 Å². The molecule has 156 valence electrons. The molecule has 1 aliphatic heterocycles. The highest BCUT2D eigenvalue weighted by Crippen LogP contribution is 2.31. The van der Waals surface area contributed by atoms with Gasteiger partial charge in [-0.3, -0.25) is 14.6 Å². The summed E-state index contributed by atoms with van der Waals surface area (Å²) in [6.07, 6.45) is 2.86. The van der Waals surface area contributed by atoms with Gasteiger partial charge in [0.05, 0.1) is 17.8 Å². The van der Waals surface area contributed by atoms with Gasteiger partial charge in [-0.05, 0) is 19.3 Å². The van der Waals surface area contributed by atoms with E-state index in [1.165, 1.54) is 0 Å². The van der Waals surface area contributed by atoms with Crippen LogP contribution in [0.15, 0.2) is 17.1 Å². The summed E-state index contributed by atoms with van der Waals surface area (Å²) >= 11 is 0. The number of nitrogen functional groups attached to an aromatic ring is 1. The quantitative estimate of drug-likeness (QED) is 0.696. The summed E-state index contributed by atoms with van der Waals surface area (Å²) in [7, 11) is 1.94. The highest BCUT2D eigenvalue weighted by Gasteiger charge is 2.22. The predicted octanol–water partition coefficient (Wildman–Crippen LogP) is 2.15. The van der Waals surface area contributed by atoms with E-state index in [1.54, 1.807) is 4.57 Å². The summed E-state index contributed by atoms with van der Waals surface area (Å²) < 4.78 is 9.21. The third kappa shape index (κ3) is 3.39. The molecule has 1 aliphatic rings. The van der Waals surface area contributed by atoms with Gasteiger partial charge in [0.25, 0.3) is 5.56 Å². The lowest BCUT2D eigenvalue weighted by Gasteiger charge is -2.21. The zero-order valence-corrected chi connectivity index (χ0v) is 17.5. The molecule has 1 saturated heterocycles. The van der Waals surface area contributed by atoms with Crippen LogP contribution in [-0.4, -0.2) is 50.8 Å². The smallest absolute Gasteiger partial charge is 0.264 e. The Balaban J connectivity index is 1.87. The van der Waals surface area contributed by atoms with Gasteiger partial charge in [-0.1, -0.05) is 13.8 Å². The van der Waals surface area contributed by atoms with E-state index in [9.17, 15) is 4.79 Å². The first-order chi connectivity index (χ1) is 13.9. The summed E-state index contributed by atoms with van der Waals surface area (Å²) in [4.78, 5) is 15.4. The molecule has 4 rings (SSSR count). The fraction of sp³-hybridized carbons (Fsp3) is 0.550. The number of aromatic nitrogens is 5. The number of nitrogens with one attached hydrogen (secondary N) is 1. The fourth-order valence-electron chi connectivity index (χ4n) is 3.84. The number of H-pyrrole nitrogens is 1. The van der Waals surface area contributed by atoms with Crippen molar-refractivity contribution in [1.29, 1.82) is 0 Å². The maximum absolute atomic E-state index is 13.1. The molecule has 3 aromatic rings. The Labute approximate surface area is 169 Å². The molecule has 29 heavy (non-hydrogen) atoms. The van der Waals surface area contributed by atoms with Crippen LogP contribution in [0, 0.1) is 5.92 Å². The molecular formula is C20H29N7O2. The number of ether oxygens (including phenoxy) is 1. The number of aryl methyl sites for hydroxylation is 1. The Morgan fingerprint density at radius 1 is 1.24 bits per heavy atom. The SMILES string of the molecule is CC(C)[C@H](C)n1cc(-c2cc(N3CCCOCC3)n(C)n2)c2[nH]nc(N)c2c1=O. The third-order valence-electron chi connectivity index (χ3n) is 5.86. The topological polar surface area (TPSA) is 107 Å². The Bertz CT molecular complexity index is 1070. The number of rotatable bonds is 4. The van der Waals surface area contributed by atoms with Gasteiger partial charge in [0.1, 0.15) is 11.2 Å². The van der Waals surface area contributed by atoms with Crippen molar-refractivity contribution in [3.05, 3.63) is 22.6 Å². The summed E-state index contributed by atoms with van der Waals surface area (Å²) in [6.45, 7) is 9.48. The van der Waals surface area contributed by atoms with Gasteiger partial charge >= 0.3 is 0 Å². The summed E-state index contributed by atoms with van der Waals surface area (Å²) in [5, 5.41) is 12.2. The van der Waals surface area contributed by atoms with Gasteiger partial charge in [0.15, 0.2) is 5.82 Å². The van der Waals surface area contributed by atoms with Gasteiger partial charge in [0, 0.05) is 50.6 Å². The average Bonchev–Trinajstić information content (AvgIpc) is 3.14. The molecule has 0 bridgehead atoms. The zero-order chi connectivity index (χ0) is 20.7. The van der Waals surface area contributed by atoms with Gasteiger partial charge < -0.3 is 19.9 Å². The van der Waals surface area contributed by atoms with Crippen LogP contribution in [0.25, 0.3) is 22.2 Å². The minimum absolute atomic E-state index is 0.0193. The Kier molecular flexibility index (Phi) is 5.08. The number of aromatic amines is 1. The molecule has 1 atom stereocenters. The van der Waals surface area contributed by atoms with E-state index in [4.69, 9.17) is 15.6 Å². The fourth-order valence-corrected chi connectivity index (χ4v) is 3.84. The van der Waals surface area contributed by atoms with Crippen molar-refractivity contribution in [2.24, 2.45) is 13.0 Å². The number of hydrogen-bond acceptors (Lipinski definition) is 6. The number of nitrogens with zero attached hydrogens (tertiary/aromatic N) is 5. The highest BCUT2D eigenvalue weighted by molar-refractivity contribution is 5.97. The van der Waals surface area contributed by atoms with E-state index in [2.05, 4.69) is 35.0 Å². The number of nitrogens with two attached hydrogens (primary N) is 1. The Hall–Kier alpha value is -2.81. The maximum atomic E-state index is 13.1. The number of fused-ring (bicyclic) bond motifs is 1. The average molecular weight is 399 g/mol. The van der Waals surface area contributed by atoms with Crippen molar-refractivity contribution in [3.8, 4) is 11.3 Å². The first-order valence-electron chi connectivity index (χ1n) is 10.1. The van der Waals surface area contributed by atoms with E-state index in [-0.39, 0.29) is 17.4 Å². The predicted molar refractivity (Wildman–Crippen MR) is 114 cm³/mol. The van der Waals surface area contributed by atoms with Crippen molar-refractivity contribution in [2.45, 2.75) is 33.2 Å². The summed E-state index contributed by atoms with van der Waals surface area (Å²) in [5.41, 5.74) is 8.14. The number of pyridine rings is 1. The van der Waals surface area contributed by atoms with Crippen LogP contribution >= 0.6 is 0 Å². The lowest BCUT2D eigenvalue weighted by Crippen LogP contribution is -2.27. The number of hydrogen-bond donors (Lipinski definition) is 2. The van der Waals surface area contributed by atoms with Crippen LogP contribution in [0.2, 0.25) is 0 Å². The van der Waals surface area contributed by atoms with E-state index < -0.39 is 0 Å². The first-order valence-corrected chi connectivity index (χ1v) is 10.1. The van der Waals surface area contributed by atoms with Crippen molar-refractivity contribution in [3.63, 3.8) is 0 Å². The molecule has 3 aromatic heterocycles. The molecular weight excluding hydrogens is 370 g/mol. The van der Waals surface area contributed by atoms with Crippen LogP contribution < -0.4 is 16.2 Å². The standard InChI is InChI=1S/C20H29N7O2/c1-12(2)13(3)27-11-14(18-17(20(27)28)19(21)23-22-18)15-10-16(25(4)24-15)26-6-5-8-29-9-7-26/h10-13H,5-9H2,1-4H3,(H3,21,22,23)/t13-/m0/s1. The minimum atomic E-state index is -0.128. The zero-order valence-electron chi connectivity index (χ0n) is 17.5. The van der Waals surface area contributed by atoms with Gasteiger partial charge in [-0.2, -0.15) is 10.2 Å². The van der Waals surface area contributed by atoms with Crippen molar-refractivity contribution in [2.75, 3.05) is 36.9 Å².